The smallest absolute Gasteiger partial charge is 0.330 e. The van der Waals surface area contributed by atoms with E-state index in [-0.39, 0.29) is 6.10 Å². The molecule has 0 saturated carbocycles. The van der Waals surface area contributed by atoms with Gasteiger partial charge in [0.15, 0.2) is 0 Å². The van der Waals surface area contributed by atoms with E-state index in [0.717, 1.165) is 11.6 Å². The molecule has 67 valence electrons. The van der Waals surface area contributed by atoms with E-state index in [4.69, 9.17) is 4.74 Å². The fourth-order valence-electron chi connectivity index (χ4n) is 0.946. The number of carbonyl (C=O) groups is 1. The molecule has 0 aliphatic rings. The third-order valence-electron chi connectivity index (χ3n) is 1.63. The third kappa shape index (κ3) is 2.75. The fourth-order valence-corrected chi connectivity index (χ4v) is 0.946. The summed E-state index contributed by atoms with van der Waals surface area (Å²) in [6, 6.07) is 10.4. The topological polar surface area (TPSA) is 26.3 Å². The molecular weight excluding hydrogens is 164 g/mol. The van der Waals surface area contributed by atoms with Gasteiger partial charge in [0.2, 0.25) is 0 Å². The summed E-state index contributed by atoms with van der Waals surface area (Å²) >= 11 is 0. The van der Waals surface area contributed by atoms with Gasteiger partial charge in [0.25, 0.3) is 0 Å². The van der Waals surface area contributed by atoms with Crippen LogP contribution < -0.4 is 0 Å². The molecule has 0 aromatic heterocycles. The largest absolute Gasteiger partial charge is 0.455 e. The average Bonchev–Trinajstić information content (AvgIpc) is 2.19. The number of hydrogen-bond donors (Lipinski definition) is 0. The lowest BCUT2D eigenvalue weighted by Gasteiger charge is -2.10. The summed E-state index contributed by atoms with van der Waals surface area (Å²) in [5.74, 6) is -0.412. The van der Waals surface area contributed by atoms with Gasteiger partial charge in [-0.3, -0.25) is 0 Å². The summed E-state index contributed by atoms with van der Waals surface area (Å²) in [5.41, 5.74) is 0.859. The van der Waals surface area contributed by atoms with Crippen molar-refractivity contribution < 1.29 is 9.53 Å². The van der Waals surface area contributed by atoms with Gasteiger partial charge in [0.05, 0.1) is 0 Å². The molecule has 0 heterocycles. The maximum absolute atomic E-state index is 10.8. The number of rotatable bonds is 3. The first-order valence-electron chi connectivity index (χ1n) is 4.03. The summed E-state index contributed by atoms with van der Waals surface area (Å²) in [4.78, 5) is 10.8. The molecule has 0 bridgehead atoms. The summed E-state index contributed by atoms with van der Waals surface area (Å²) in [6.45, 7) is 5.12. The molecule has 0 spiro atoms. The van der Waals surface area contributed by atoms with Crippen LogP contribution >= 0.6 is 0 Å². The Bertz CT molecular complexity index is 290. The first-order chi connectivity index (χ1) is 6.24. The van der Waals surface area contributed by atoms with Crippen molar-refractivity contribution in [1.82, 2.24) is 0 Å². The SMILES string of the molecule is C=CC(=O)OC(C)c1[c]cccc1. The second-order valence-electron chi connectivity index (χ2n) is 2.60. The van der Waals surface area contributed by atoms with Crippen LogP contribution in [0.2, 0.25) is 0 Å². The molecule has 2 nitrogen and oxygen atoms in total. The van der Waals surface area contributed by atoms with Crippen LogP contribution in [-0.4, -0.2) is 5.97 Å². The molecule has 0 saturated heterocycles. The van der Waals surface area contributed by atoms with Crippen molar-refractivity contribution in [2.45, 2.75) is 13.0 Å². The predicted octanol–water partition coefficient (Wildman–Crippen LogP) is 2.28. The van der Waals surface area contributed by atoms with Gasteiger partial charge >= 0.3 is 5.97 Å². The number of benzene rings is 1. The number of esters is 1. The highest BCUT2D eigenvalue weighted by molar-refractivity contribution is 5.81. The Hall–Kier alpha value is -1.57. The standard InChI is InChI=1S/C11H11O2/c1-3-11(12)13-9(2)10-7-5-4-6-8-10/h3-7,9H,1H2,2H3. The van der Waals surface area contributed by atoms with Gasteiger partial charge in [0.1, 0.15) is 6.10 Å². The van der Waals surface area contributed by atoms with Crippen LogP contribution in [0.1, 0.15) is 18.6 Å². The van der Waals surface area contributed by atoms with Crippen LogP contribution in [0.3, 0.4) is 0 Å². The monoisotopic (exact) mass is 175 g/mol. The lowest BCUT2D eigenvalue weighted by atomic mass is 10.1. The van der Waals surface area contributed by atoms with E-state index in [0.29, 0.717) is 0 Å². The first-order valence-corrected chi connectivity index (χ1v) is 4.03. The van der Waals surface area contributed by atoms with Crippen LogP contribution in [0.4, 0.5) is 0 Å². The van der Waals surface area contributed by atoms with Crippen molar-refractivity contribution in [2.75, 3.05) is 0 Å². The van der Waals surface area contributed by atoms with Crippen molar-refractivity contribution >= 4 is 5.97 Å². The van der Waals surface area contributed by atoms with Gasteiger partial charge in [0, 0.05) is 11.6 Å². The Morgan fingerprint density at radius 3 is 3.00 bits per heavy atom. The van der Waals surface area contributed by atoms with Crippen molar-refractivity contribution in [2.24, 2.45) is 0 Å². The highest BCUT2D eigenvalue weighted by Crippen LogP contribution is 2.15. The van der Waals surface area contributed by atoms with Gasteiger partial charge in [-0.05, 0) is 13.0 Å². The minimum atomic E-state index is -0.412. The zero-order valence-electron chi connectivity index (χ0n) is 7.49. The maximum atomic E-state index is 10.8. The molecule has 0 aliphatic carbocycles. The minimum absolute atomic E-state index is 0.272. The number of hydrogen-bond acceptors (Lipinski definition) is 2. The fraction of sp³-hybridized carbons (Fsp3) is 0.182. The zero-order chi connectivity index (χ0) is 9.68. The van der Waals surface area contributed by atoms with E-state index in [1.807, 2.05) is 18.2 Å². The highest BCUT2D eigenvalue weighted by Gasteiger charge is 2.07. The van der Waals surface area contributed by atoms with Crippen LogP contribution in [0, 0.1) is 6.07 Å². The van der Waals surface area contributed by atoms with Crippen LogP contribution in [0.15, 0.2) is 36.9 Å². The van der Waals surface area contributed by atoms with Gasteiger partial charge < -0.3 is 4.74 Å². The Balaban J connectivity index is 2.63. The van der Waals surface area contributed by atoms with Gasteiger partial charge in [-0.1, -0.05) is 30.8 Å². The van der Waals surface area contributed by atoms with Gasteiger partial charge in [-0.2, -0.15) is 0 Å². The number of ether oxygens (including phenoxy) is 1. The molecular formula is C11H11O2. The lowest BCUT2D eigenvalue weighted by molar-refractivity contribution is -0.142. The average molecular weight is 175 g/mol. The molecule has 1 rings (SSSR count). The predicted molar refractivity (Wildman–Crippen MR) is 50.0 cm³/mol. The Morgan fingerprint density at radius 2 is 2.46 bits per heavy atom. The highest BCUT2D eigenvalue weighted by atomic mass is 16.5. The maximum Gasteiger partial charge on any atom is 0.330 e. The molecule has 1 aromatic carbocycles. The van der Waals surface area contributed by atoms with E-state index in [9.17, 15) is 4.79 Å². The third-order valence-corrected chi connectivity index (χ3v) is 1.63. The van der Waals surface area contributed by atoms with Crippen molar-refractivity contribution in [1.29, 1.82) is 0 Å². The van der Waals surface area contributed by atoms with Crippen LogP contribution in [0.5, 0.6) is 0 Å². The molecule has 1 aromatic rings. The second kappa shape index (κ2) is 4.45. The summed E-state index contributed by atoms with van der Waals surface area (Å²) in [6.07, 6.45) is 0.881. The van der Waals surface area contributed by atoms with E-state index in [1.165, 1.54) is 0 Å². The first kappa shape index (κ1) is 9.52. The Labute approximate surface area is 77.8 Å². The second-order valence-corrected chi connectivity index (χ2v) is 2.60. The van der Waals surface area contributed by atoms with E-state index < -0.39 is 5.97 Å². The molecule has 0 N–H and O–H groups in total. The Morgan fingerprint density at radius 1 is 1.69 bits per heavy atom. The van der Waals surface area contributed by atoms with Crippen molar-refractivity contribution in [3.8, 4) is 0 Å². The molecule has 1 radical (unpaired) electrons. The van der Waals surface area contributed by atoms with E-state index in [1.54, 1.807) is 13.0 Å². The zero-order valence-corrected chi connectivity index (χ0v) is 7.49. The molecule has 13 heavy (non-hydrogen) atoms. The van der Waals surface area contributed by atoms with Crippen LogP contribution in [-0.2, 0) is 9.53 Å². The van der Waals surface area contributed by atoms with Crippen molar-refractivity contribution in [3.63, 3.8) is 0 Å². The number of carbonyl (C=O) groups excluding carboxylic acids is 1. The summed E-state index contributed by atoms with van der Waals surface area (Å²) in [7, 11) is 0. The quantitative estimate of drug-likeness (QED) is 0.520. The van der Waals surface area contributed by atoms with Gasteiger partial charge in [-0.15, -0.1) is 0 Å². The Kier molecular flexibility index (Phi) is 3.26. The molecule has 1 atom stereocenters. The summed E-state index contributed by atoms with van der Waals surface area (Å²) < 4.78 is 5.00. The summed E-state index contributed by atoms with van der Waals surface area (Å²) in [5, 5.41) is 0. The van der Waals surface area contributed by atoms with E-state index in [2.05, 4.69) is 12.6 Å². The lowest BCUT2D eigenvalue weighted by Crippen LogP contribution is -2.05. The van der Waals surface area contributed by atoms with Crippen LogP contribution in [0.25, 0.3) is 0 Å². The van der Waals surface area contributed by atoms with E-state index >= 15 is 0 Å². The molecule has 0 amide bonds. The van der Waals surface area contributed by atoms with Crippen molar-refractivity contribution in [3.05, 3.63) is 48.6 Å². The van der Waals surface area contributed by atoms with Gasteiger partial charge in [-0.25, -0.2) is 4.79 Å². The molecule has 1 unspecified atom stereocenters. The minimum Gasteiger partial charge on any atom is -0.455 e. The molecule has 0 aliphatic heterocycles. The molecule has 0 fully saturated rings. The normalized spacial score (nSPS) is 11.8. The molecule has 2 heteroatoms.